The first-order valence-corrected chi connectivity index (χ1v) is 9.71. The summed E-state index contributed by atoms with van der Waals surface area (Å²) < 4.78 is 38.4. The van der Waals surface area contributed by atoms with Crippen molar-refractivity contribution in [2.24, 2.45) is 5.92 Å². The van der Waals surface area contributed by atoms with Crippen LogP contribution in [0, 0.1) is 5.92 Å². The second-order valence-corrected chi connectivity index (χ2v) is 7.93. The Morgan fingerprint density at radius 1 is 1.14 bits per heavy atom. The molecule has 2 fully saturated rings. The molecule has 0 aromatic heterocycles. The molecular formula is C20H23F3N2O3. The number of hydrogen-bond donors (Lipinski definition) is 1. The summed E-state index contributed by atoms with van der Waals surface area (Å²) in [5.74, 6) is -1.31. The molecule has 1 aliphatic carbocycles. The molecular weight excluding hydrogens is 373 g/mol. The zero-order valence-electron chi connectivity index (χ0n) is 15.4. The lowest BCUT2D eigenvalue weighted by Crippen LogP contribution is -2.71. The van der Waals surface area contributed by atoms with Crippen molar-refractivity contribution in [3.8, 4) is 0 Å². The van der Waals surface area contributed by atoms with Gasteiger partial charge in [-0.15, -0.1) is 0 Å². The minimum Gasteiger partial charge on any atom is -0.394 e. The normalized spacial score (nSPS) is 27.2. The molecule has 1 saturated carbocycles. The van der Waals surface area contributed by atoms with Gasteiger partial charge < -0.3 is 14.9 Å². The van der Waals surface area contributed by atoms with Crippen LogP contribution in [0.4, 0.5) is 18.9 Å². The van der Waals surface area contributed by atoms with E-state index < -0.39 is 24.5 Å². The van der Waals surface area contributed by atoms with Gasteiger partial charge in [-0.2, -0.15) is 13.2 Å². The first-order chi connectivity index (χ1) is 13.3. The Bertz CT molecular complexity index is 776. The van der Waals surface area contributed by atoms with Crippen molar-refractivity contribution >= 4 is 17.5 Å². The SMILES string of the molecule is O=C(CC(F)(F)F)N1C[C@H]2[C@@H](c3ccccc31)[C@H](CO)N2C(=O)C1CCCC1. The highest BCUT2D eigenvalue weighted by molar-refractivity contribution is 5.96. The minimum absolute atomic E-state index is 0.0333. The third-order valence-corrected chi connectivity index (χ3v) is 6.30. The standard InChI is InChI=1S/C20H23F3N2O3/c21-20(22,23)9-17(27)24-10-15-18(13-7-3-4-8-14(13)24)16(11-26)25(15)19(28)12-5-1-2-6-12/h3-4,7-8,12,15-16,18,26H,1-2,5-6,9-11H2/t15-,16-,18+/m0/s1. The largest absolute Gasteiger partial charge is 0.397 e. The molecule has 3 atom stereocenters. The molecule has 2 aliphatic heterocycles. The molecule has 1 aromatic rings. The second-order valence-electron chi connectivity index (χ2n) is 7.93. The number of rotatable bonds is 3. The number of aliphatic hydroxyl groups excluding tert-OH is 1. The van der Waals surface area contributed by atoms with Gasteiger partial charge in [0.2, 0.25) is 11.8 Å². The van der Waals surface area contributed by atoms with Crippen LogP contribution in [0.15, 0.2) is 24.3 Å². The van der Waals surface area contributed by atoms with E-state index in [1.54, 1.807) is 29.2 Å². The summed E-state index contributed by atoms with van der Waals surface area (Å²) >= 11 is 0. The van der Waals surface area contributed by atoms with Crippen molar-refractivity contribution in [3.05, 3.63) is 29.8 Å². The highest BCUT2D eigenvalue weighted by Crippen LogP contribution is 2.49. The molecule has 0 bridgehead atoms. The zero-order valence-corrected chi connectivity index (χ0v) is 15.4. The van der Waals surface area contributed by atoms with Crippen LogP contribution in [-0.2, 0) is 9.59 Å². The van der Waals surface area contributed by atoms with Crippen LogP contribution in [0.5, 0.6) is 0 Å². The fourth-order valence-electron chi connectivity index (χ4n) is 5.08. The number of aliphatic hydroxyl groups is 1. The van der Waals surface area contributed by atoms with Gasteiger partial charge in [-0.05, 0) is 24.5 Å². The van der Waals surface area contributed by atoms with Gasteiger partial charge in [0.15, 0.2) is 0 Å². The van der Waals surface area contributed by atoms with E-state index in [-0.39, 0.29) is 36.9 Å². The summed E-state index contributed by atoms with van der Waals surface area (Å²) in [6.07, 6.45) is -2.53. The van der Waals surface area contributed by atoms with Crippen molar-refractivity contribution in [1.29, 1.82) is 0 Å². The fourth-order valence-corrected chi connectivity index (χ4v) is 5.08. The molecule has 4 rings (SSSR count). The van der Waals surface area contributed by atoms with Crippen LogP contribution in [-0.4, -0.2) is 53.2 Å². The first-order valence-electron chi connectivity index (χ1n) is 9.71. The molecule has 3 aliphatic rings. The van der Waals surface area contributed by atoms with E-state index in [4.69, 9.17) is 0 Å². The molecule has 5 nitrogen and oxygen atoms in total. The number of hydrogen-bond acceptors (Lipinski definition) is 3. The summed E-state index contributed by atoms with van der Waals surface area (Å²) in [6.45, 7) is -0.171. The number of nitrogens with zero attached hydrogens (tertiary/aromatic N) is 2. The van der Waals surface area contributed by atoms with Gasteiger partial charge in [-0.3, -0.25) is 9.59 Å². The van der Waals surface area contributed by atoms with Crippen LogP contribution in [0.25, 0.3) is 0 Å². The summed E-state index contributed by atoms with van der Waals surface area (Å²) in [4.78, 5) is 28.2. The fraction of sp³-hybridized carbons (Fsp3) is 0.600. The lowest BCUT2D eigenvalue weighted by molar-refractivity contribution is -0.158. The van der Waals surface area contributed by atoms with E-state index >= 15 is 0 Å². The van der Waals surface area contributed by atoms with Crippen molar-refractivity contribution in [3.63, 3.8) is 0 Å². The van der Waals surface area contributed by atoms with Gasteiger partial charge in [-0.1, -0.05) is 31.0 Å². The van der Waals surface area contributed by atoms with Crippen LogP contribution >= 0.6 is 0 Å². The first kappa shape index (κ1) is 19.2. The van der Waals surface area contributed by atoms with Crippen LogP contribution < -0.4 is 4.90 Å². The van der Waals surface area contributed by atoms with E-state index in [2.05, 4.69) is 0 Å². The van der Waals surface area contributed by atoms with E-state index in [1.807, 2.05) is 0 Å². The Labute approximate surface area is 161 Å². The Morgan fingerprint density at radius 2 is 1.82 bits per heavy atom. The molecule has 28 heavy (non-hydrogen) atoms. The van der Waals surface area contributed by atoms with Crippen molar-refractivity contribution in [1.82, 2.24) is 4.90 Å². The number of anilines is 1. The topological polar surface area (TPSA) is 60.9 Å². The number of carbonyl (C=O) groups is 2. The van der Waals surface area contributed by atoms with Gasteiger partial charge in [0, 0.05) is 24.1 Å². The maximum Gasteiger partial charge on any atom is 0.397 e. The van der Waals surface area contributed by atoms with Gasteiger partial charge in [0.25, 0.3) is 0 Å². The smallest absolute Gasteiger partial charge is 0.394 e. The van der Waals surface area contributed by atoms with Crippen molar-refractivity contribution in [2.45, 2.75) is 56.3 Å². The van der Waals surface area contributed by atoms with E-state index in [9.17, 15) is 27.9 Å². The van der Waals surface area contributed by atoms with Crippen LogP contribution in [0.2, 0.25) is 0 Å². The van der Waals surface area contributed by atoms with Gasteiger partial charge in [0.1, 0.15) is 6.42 Å². The zero-order chi connectivity index (χ0) is 20.1. The van der Waals surface area contributed by atoms with Crippen LogP contribution in [0.3, 0.4) is 0 Å². The molecule has 0 radical (unpaired) electrons. The highest BCUT2D eigenvalue weighted by Gasteiger charge is 2.56. The number of para-hydroxylation sites is 1. The maximum absolute atomic E-state index is 13.0. The van der Waals surface area contributed by atoms with E-state index in [0.29, 0.717) is 5.69 Å². The summed E-state index contributed by atoms with van der Waals surface area (Å²) in [5, 5.41) is 9.92. The lowest BCUT2D eigenvalue weighted by Gasteiger charge is -2.59. The third kappa shape index (κ3) is 3.17. The molecule has 1 aromatic carbocycles. The average molecular weight is 396 g/mol. The molecule has 152 valence electrons. The monoisotopic (exact) mass is 396 g/mol. The number of benzene rings is 1. The average Bonchev–Trinajstić information content (AvgIpc) is 3.15. The van der Waals surface area contributed by atoms with Gasteiger partial charge in [-0.25, -0.2) is 0 Å². The van der Waals surface area contributed by atoms with E-state index in [1.165, 1.54) is 0 Å². The summed E-state index contributed by atoms with van der Waals surface area (Å²) in [6, 6.07) is 6.08. The highest BCUT2D eigenvalue weighted by atomic mass is 19.4. The van der Waals surface area contributed by atoms with Gasteiger partial charge >= 0.3 is 6.18 Å². The number of likely N-dealkylation sites (tertiary alicyclic amines) is 1. The van der Waals surface area contributed by atoms with Crippen molar-refractivity contribution in [2.75, 3.05) is 18.1 Å². The Kier molecular flexibility index (Phi) is 4.85. The molecule has 0 spiro atoms. The molecule has 2 amide bonds. The molecule has 1 saturated heterocycles. The Balaban J connectivity index is 1.65. The second kappa shape index (κ2) is 7.06. The molecule has 0 unspecified atom stereocenters. The lowest BCUT2D eigenvalue weighted by atomic mass is 9.71. The van der Waals surface area contributed by atoms with E-state index in [0.717, 1.165) is 36.1 Å². The molecule has 8 heteroatoms. The summed E-state index contributed by atoms with van der Waals surface area (Å²) in [5.41, 5.74) is 1.17. The Hall–Kier alpha value is -2.09. The number of amides is 2. The van der Waals surface area contributed by atoms with Crippen LogP contribution in [0.1, 0.15) is 43.6 Å². The Morgan fingerprint density at radius 3 is 2.46 bits per heavy atom. The quantitative estimate of drug-likeness (QED) is 0.855. The summed E-state index contributed by atoms with van der Waals surface area (Å²) in [7, 11) is 0. The number of carbonyl (C=O) groups excluding carboxylic acids is 2. The maximum atomic E-state index is 13.0. The molecule has 1 N–H and O–H groups in total. The predicted octanol–water partition coefficient (Wildman–Crippen LogP) is 2.83. The van der Waals surface area contributed by atoms with Crippen molar-refractivity contribution < 1.29 is 27.9 Å². The predicted molar refractivity (Wildman–Crippen MR) is 95.7 cm³/mol. The molecule has 2 heterocycles. The number of halogens is 3. The van der Waals surface area contributed by atoms with Gasteiger partial charge in [0.05, 0.1) is 18.7 Å². The number of alkyl halides is 3. The minimum atomic E-state index is -4.59. The number of fused-ring (bicyclic) bond motifs is 3. The third-order valence-electron chi connectivity index (χ3n) is 6.30.